The Morgan fingerprint density at radius 3 is 1.94 bits per heavy atom. The van der Waals surface area contributed by atoms with E-state index in [0.717, 1.165) is 5.56 Å². The molecular formula is C22H25N3O4S2. The van der Waals surface area contributed by atoms with Gasteiger partial charge in [-0.05, 0) is 42.0 Å². The van der Waals surface area contributed by atoms with Crippen molar-refractivity contribution < 1.29 is 16.8 Å². The van der Waals surface area contributed by atoms with Crippen LogP contribution >= 0.6 is 0 Å². The Morgan fingerprint density at radius 1 is 0.806 bits per heavy atom. The van der Waals surface area contributed by atoms with E-state index in [0.29, 0.717) is 18.8 Å². The molecule has 0 aliphatic rings. The van der Waals surface area contributed by atoms with Crippen LogP contribution in [0.5, 0.6) is 0 Å². The molecule has 31 heavy (non-hydrogen) atoms. The summed E-state index contributed by atoms with van der Waals surface area (Å²) in [4.78, 5) is 4.34. The van der Waals surface area contributed by atoms with E-state index < -0.39 is 26.1 Å². The fraction of sp³-hybridized carbons (Fsp3) is 0.227. The minimum atomic E-state index is -3.95. The summed E-state index contributed by atoms with van der Waals surface area (Å²) >= 11 is 0. The first-order valence-electron chi connectivity index (χ1n) is 9.88. The molecule has 164 valence electrons. The predicted octanol–water partition coefficient (Wildman–Crippen LogP) is 3.18. The molecule has 9 heteroatoms. The van der Waals surface area contributed by atoms with Crippen molar-refractivity contribution in [1.29, 1.82) is 0 Å². The summed E-state index contributed by atoms with van der Waals surface area (Å²) in [5, 5.41) is 0. The van der Waals surface area contributed by atoms with Gasteiger partial charge in [0.2, 0.25) is 20.0 Å². The van der Waals surface area contributed by atoms with Gasteiger partial charge < -0.3 is 0 Å². The smallest absolute Gasteiger partial charge is 0.243 e. The first kappa shape index (κ1) is 23.1. The summed E-state index contributed by atoms with van der Waals surface area (Å²) in [6.07, 6.45) is 1.60. The Kier molecular flexibility index (Phi) is 7.22. The van der Waals surface area contributed by atoms with Gasteiger partial charge in [0.1, 0.15) is 0 Å². The fourth-order valence-electron chi connectivity index (χ4n) is 3.22. The number of nitrogens with zero attached hydrogens (tertiary/aromatic N) is 2. The first-order chi connectivity index (χ1) is 14.8. The topological polar surface area (TPSA) is 96.4 Å². The van der Waals surface area contributed by atoms with Crippen LogP contribution in [0.4, 0.5) is 0 Å². The molecule has 0 aliphatic heterocycles. The standard InChI is InChI=1S/C22H25N3O4S2/c1-3-25(4-2)31(28,29)20-15-13-19(14-16-20)30(26,27)24-22(18-10-6-5-7-11-18)21-12-8-9-17-23-21/h5-17,22,24H,3-4H2,1-2H3. The van der Waals surface area contributed by atoms with Crippen molar-refractivity contribution in [3.8, 4) is 0 Å². The Hall–Kier alpha value is -2.59. The van der Waals surface area contributed by atoms with Crippen LogP contribution in [-0.4, -0.2) is 39.2 Å². The summed E-state index contributed by atoms with van der Waals surface area (Å²) in [6, 6.07) is 19.0. The first-order valence-corrected chi connectivity index (χ1v) is 12.8. The second-order valence-electron chi connectivity index (χ2n) is 6.78. The van der Waals surface area contributed by atoms with Crippen molar-refractivity contribution in [3.63, 3.8) is 0 Å². The van der Waals surface area contributed by atoms with Gasteiger partial charge in [0.15, 0.2) is 0 Å². The van der Waals surface area contributed by atoms with Gasteiger partial charge >= 0.3 is 0 Å². The van der Waals surface area contributed by atoms with Crippen molar-refractivity contribution in [2.75, 3.05) is 13.1 Å². The third-order valence-electron chi connectivity index (χ3n) is 4.87. The third kappa shape index (κ3) is 5.19. The second kappa shape index (κ2) is 9.69. The summed E-state index contributed by atoms with van der Waals surface area (Å²) in [7, 11) is -7.61. The number of aromatic nitrogens is 1. The zero-order chi connectivity index (χ0) is 22.5. The van der Waals surface area contributed by atoms with Crippen LogP contribution in [0.3, 0.4) is 0 Å². The lowest BCUT2D eigenvalue weighted by Crippen LogP contribution is -2.31. The number of hydrogen-bond acceptors (Lipinski definition) is 5. The molecule has 3 rings (SSSR count). The Balaban J connectivity index is 1.93. The molecule has 1 atom stereocenters. The molecule has 0 spiro atoms. The van der Waals surface area contributed by atoms with E-state index in [2.05, 4.69) is 9.71 Å². The van der Waals surface area contributed by atoms with Gasteiger partial charge in [-0.25, -0.2) is 16.8 Å². The lowest BCUT2D eigenvalue weighted by atomic mass is 10.0. The summed E-state index contributed by atoms with van der Waals surface area (Å²) in [5.41, 5.74) is 1.29. The molecule has 2 aromatic carbocycles. The maximum atomic E-state index is 13.1. The minimum absolute atomic E-state index is 0.0251. The molecule has 0 saturated carbocycles. The Morgan fingerprint density at radius 2 is 1.39 bits per heavy atom. The molecule has 1 aromatic heterocycles. The molecule has 0 amide bonds. The molecular weight excluding hydrogens is 434 g/mol. The summed E-state index contributed by atoms with van der Waals surface area (Å²) in [6.45, 7) is 4.18. The lowest BCUT2D eigenvalue weighted by Gasteiger charge is -2.20. The lowest BCUT2D eigenvalue weighted by molar-refractivity contribution is 0.445. The number of pyridine rings is 1. The molecule has 7 nitrogen and oxygen atoms in total. The summed E-state index contributed by atoms with van der Waals surface area (Å²) < 4.78 is 55.5. The van der Waals surface area contributed by atoms with Crippen LogP contribution in [0, 0.1) is 0 Å². The van der Waals surface area contributed by atoms with Crippen LogP contribution in [-0.2, 0) is 20.0 Å². The maximum absolute atomic E-state index is 13.1. The zero-order valence-electron chi connectivity index (χ0n) is 17.3. The quantitative estimate of drug-likeness (QED) is 0.530. The molecule has 0 fully saturated rings. The molecule has 1 unspecified atom stereocenters. The highest BCUT2D eigenvalue weighted by atomic mass is 32.2. The van der Waals surface area contributed by atoms with Crippen molar-refractivity contribution in [1.82, 2.24) is 14.0 Å². The van der Waals surface area contributed by atoms with E-state index in [1.165, 1.54) is 28.6 Å². The average Bonchev–Trinajstić information content (AvgIpc) is 2.79. The van der Waals surface area contributed by atoms with E-state index in [4.69, 9.17) is 0 Å². The highest BCUT2D eigenvalue weighted by molar-refractivity contribution is 7.89. The van der Waals surface area contributed by atoms with Crippen LogP contribution in [0.25, 0.3) is 0 Å². The van der Waals surface area contributed by atoms with E-state index in [1.54, 1.807) is 38.2 Å². The number of hydrogen-bond donors (Lipinski definition) is 1. The predicted molar refractivity (Wildman–Crippen MR) is 119 cm³/mol. The van der Waals surface area contributed by atoms with Crippen LogP contribution in [0.2, 0.25) is 0 Å². The highest BCUT2D eigenvalue weighted by Gasteiger charge is 2.26. The zero-order valence-corrected chi connectivity index (χ0v) is 19.0. The van der Waals surface area contributed by atoms with E-state index >= 15 is 0 Å². The number of rotatable bonds is 9. The molecule has 0 bridgehead atoms. The minimum Gasteiger partial charge on any atom is -0.259 e. The molecule has 0 saturated heterocycles. The van der Waals surface area contributed by atoms with Gasteiger partial charge in [-0.1, -0.05) is 50.2 Å². The Labute approximate surface area is 183 Å². The van der Waals surface area contributed by atoms with Crippen molar-refractivity contribution in [2.24, 2.45) is 0 Å². The van der Waals surface area contributed by atoms with Gasteiger partial charge in [0.05, 0.1) is 21.5 Å². The number of benzene rings is 2. The normalized spacial score (nSPS) is 13.3. The van der Waals surface area contributed by atoms with E-state index in [1.807, 2.05) is 30.3 Å². The van der Waals surface area contributed by atoms with E-state index in [-0.39, 0.29) is 9.79 Å². The molecule has 0 aliphatic carbocycles. The van der Waals surface area contributed by atoms with Gasteiger partial charge in [0.25, 0.3) is 0 Å². The van der Waals surface area contributed by atoms with E-state index in [9.17, 15) is 16.8 Å². The SMILES string of the molecule is CCN(CC)S(=O)(=O)c1ccc(S(=O)(=O)NC(c2ccccc2)c2ccccn2)cc1. The van der Waals surface area contributed by atoms with Gasteiger partial charge in [-0.15, -0.1) is 0 Å². The van der Waals surface area contributed by atoms with Crippen molar-refractivity contribution in [3.05, 3.63) is 90.3 Å². The average molecular weight is 460 g/mol. The van der Waals surface area contributed by atoms with Crippen LogP contribution < -0.4 is 4.72 Å². The molecule has 3 aromatic rings. The fourth-order valence-corrected chi connectivity index (χ4v) is 5.87. The largest absolute Gasteiger partial charge is 0.259 e. The third-order valence-corrected chi connectivity index (χ3v) is 8.37. The number of sulfonamides is 2. The van der Waals surface area contributed by atoms with Gasteiger partial charge in [0, 0.05) is 19.3 Å². The van der Waals surface area contributed by atoms with Crippen molar-refractivity contribution in [2.45, 2.75) is 29.7 Å². The monoisotopic (exact) mass is 459 g/mol. The van der Waals surface area contributed by atoms with Crippen LogP contribution in [0.1, 0.15) is 31.1 Å². The van der Waals surface area contributed by atoms with Crippen LogP contribution in [0.15, 0.2) is 88.8 Å². The number of nitrogens with one attached hydrogen (secondary N) is 1. The Bertz CT molecular complexity index is 1160. The van der Waals surface area contributed by atoms with Gasteiger partial charge in [-0.3, -0.25) is 4.98 Å². The van der Waals surface area contributed by atoms with Crippen molar-refractivity contribution >= 4 is 20.0 Å². The maximum Gasteiger partial charge on any atom is 0.243 e. The molecule has 1 N–H and O–H groups in total. The molecule has 1 heterocycles. The van der Waals surface area contributed by atoms with Gasteiger partial charge in [-0.2, -0.15) is 9.03 Å². The second-order valence-corrected chi connectivity index (χ2v) is 10.4. The summed E-state index contributed by atoms with van der Waals surface area (Å²) in [5.74, 6) is 0. The highest BCUT2D eigenvalue weighted by Crippen LogP contribution is 2.24. The molecule has 0 radical (unpaired) electrons.